The number of hydrogen-bond acceptors (Lipinski definition) is 7. The van der Waals surface area contributed by atoms with E-state index in [0.717, 1.165) is 16.9 Å². The summed E-state index contributed by atoms with van der Waals surface area (Å²) in [6.45, 7) is 8.08. The average Bonchev–Trinajstić information content (AvgIpc) is 3.26. The van der Waals surface area contributed by atoms with Gasteiger partial charge in [-0.2, -0.15) is 13.2 Å². The zero-order valence-corrected chi connectivity index (χ0v) is 20.8. The first-order chi connectivity index (χ1) is 16.2. The SMILES string of the molecule is CCC(C)Sc1ccc([C@H]2N[C@@](C)(C(=O)OC)[C@H]3C(=O)N(CC)C(=O)[C@@H]23)cc1.O=C(O)C(F)(F)F. The first kappa shape index (κ1) is 28.6. The molecule has 2 amide bonds. The van der Waals surface area contributed by atoms with Crippen LogP contribution in [0.25, 0.3) is 0 Å². The molecule has 12 heteroatoms. The summed E-state index contributed by atoms with van der Waals surface area (Å²) in [4.78, 5) is 49.7. The van der Waals surface area contributed by atoms with Crippen molar-refractivity contribution in [2.75, 3.05) is 13.7 Å². The molecule has 5 atom stereocenters. The van der Waals surface area contributed by atoms with Crippen LogP contribution in [-0.2, 0) is 23.9 Å². The van der Waals surface area contributed by atoms with Crippen molar-refractivity contribution in [2.45, 2.75) is 62.0 Å². The fourth-order valence-corrected chi connectivity index (χ4v) is 5.19. The number of carbonyl (C=O) groups is 4. The molecule has 194 valence electrons. The number of likely N-dealkylation sites (tertiary alicyclic amines) is 1. The second kappa shape index (κ2) is 11.0. The van der Waals surface area contributed by atoms with Gasteiger partial charge in [0.25, 0.3) is 0 Å². The quantitative estimate of drug-likeness (QED) is 0.335. The summed E-state index contributed by atoms with van der Waals surface area (Å²) in [5.41, 5.74) is -0.333. The van der Waals surface area contributed by atoms with Crippen LogP contribution in [0.2, 0.25) is 0 Å². The smallest absolute Gasteiger partial charge is 0.475 e. The van der Waals surface area contributed by atoms with E-state index < -0.39 is 41.5 Å². The molecule has 0 radical (unpaired) electrons. The van der Waals surface area contributed by atoms with Crippen LogP contribution in [0, 0.1) is 11.8 Å². The zero-order chi connectivity index (χ0) is 26.7. The Labute approximate surface area is 205 Å². The average molecular weight is 519 g/mol. The molecule has 3 rings (SSSR count). The predicted octanol–water partition coefficient (Wildman–Crippen LogP) is 3.41. The molecule has 2 saturated heterocycles. The lowest BCUT2D eigenvalue weighted by molar-refractivity contribution is -0.192. The lowest BCUT2D eigenvalue weighted by Gasteiger charge is -2.28. The number of halogens is 3. The molecule has 0 bridgehead atoms. The number of benzene rings is 1. The molecule has 0 aromatic heterocycles. The van der Waals surface area contributed by atoms with Crippen LogP contribution in [0.15, 0.2) is 29.2 Å². The van der Waals surface area contributed by atoms with E-state index in [4.69, 9.17) is 14.6 Å². The number of hydrogen-bond donors (Lipinski definition) is 2. The minimum atomic E-state index is -5.08. The van der Waals surface area contributed by atoms with Gasteiger partial charge in [0.2, 0.25) is 11.8 Å². The van der Waals surface area contributed by atoms with E-state index in [-0.39, 0.29) is 11.8 Å². The molecule has 2 heterocycles. The highest BCUT2D eigenvalue weighted by molar-refractivity contribution is 7.99. The Bertz CT molecular complexity index is 971. The van der Waals surface area contributed by atoms with Gasteiger partial charge < -0.3 is 9.84 Å². The monoisotopic (exact) mass is 518 g/mol. The van der Waals surface area contributed by atoms with Crippen LogP contribution >= 0.6 is 11.8 Å². The van der Waals surface area contributed by atoms with E-state index >= 15 is 0 Å². The molecule has 2 N–H and O–H groups in total. The second-order valence-corrected chi connectivity index (χ2v) is 9.96. The van der Waals surface area contributed by atoms with E-state index in [1.165, 1.54) is 12.0 Å². The van der Waals surface area contributed by atoms with E-state index in [1.807, 2.05) is 24.3 Å². The standard InChI is InChI=1S/C21H28N2O4S.C2HF3O2/c1-6-12(3)28-14-10-8-13(9-11-14)17-15-16(19(25)23(7-2)18(15)24)21(4,22-17)20(26)27-5;3-2(4,5)1(6)7/h8-12,15-17,22H,6-7H2,1-5H3;(H,6,7)/t12?,15-,16-,17-,21-;/m1./s1. The van der Waals surface area contributed by atoms with Crippen molar-refractivity contribution in [3.8, 4) is 0 Å². The summed E-state index contributed by atoms with van der Waals surface area (Å²) in [6, 6.07) is 7.62. The first-order valence-electron chi connectivity index (χ1n) is 11.0. The topological polar surface area (TPSA) is 113 Å². The van der Waals surface area contributed by atoms with E-state index in [9.17, 15) is 27.6 Å². The molecule has 0 spiro atoms. The molecule has 8 nitrogen and oxygen atoms in total. The van der Waals surface area contributed by atoms with Crippen LogP contribution in [-0.4, -0.2) is 64.4 Å². The highest BCUT2D eigenvalue weighted by Gasteiger charge is 2.66. The molecule has 0 saturated carbocycles. The van der Waals surface area contributed by atoms with Crippen molar-refractivity contribution in [2.24, 2.45) is 11.8 Å². The van der Waals surface area contributed by atoms with Crippen molar-refractivity contribution in [1.82, 2.24) is 10.2 Å². The van der Waals surface area contributed by atoms with Crippen molar-refractivity contribution in [3.05, 3.63) is 29.8 Å². The Kier molecular flexibility index (Phi) is 8.99. The number of thioether (sulfide) groups is 1. The van der Waals surface area contributed by atoms with Crippen molar-refractivity contribution in [1.29, 1.82) is 0 Å². The van der Waals surface area contributed by atoms with Crippen LogP contribution in [0.1, 0.15) is 45.7 Å². The summed E-state index contributed by atoms with van der Waals surface area (Å²) in [5.74, 6) is -5.17. The number of amides is 2. The molecule has 1 unspecified atom stereocenters. The molecule has 0 aliphatic carbocycles. The molecule has 2 aliphatic heterocycles. The van der Waals surface area contributed by atoms with Crippen LogP contribution in [0.3, 0.4) is 0 Å². The number of imide groups is 1. The summed E-state index contributed by atoms with van der Waals surface area (Å²) in [6.07, 6.45) is -4.00. The molecule has 35 heavy (non-hydrogen) atoms. The van der Waals surface area contributed by atoms with Crippen molar-refractivity contribution >= 4 is 35.5 Å². The number of carboxylic acid groups (broad SMARTS) is 1. The predicted molar refractivity (Wildman–Crippen MR) is 121 cm³/mol. The number of methoxy groups -OCH3 is 1. The molecular weight excluding hydrogens is 489 g/mol. The maximum Gasteiger partial charge on any atom is 0.490 e. The number of carbonyl (C=O) groups excluding carboxylic acids is 3. The normalized spacial score (nSPS) is 26.6. The van der Waals surface area contributed by atoms with E-state index in [0.29, 0.717) is 11.8 Å². The van der Waals surface area contributed by atoms with Crippen LogP contribution in [0.5, 0.6) is 0 Å². The Morgan fingerprint density at radius 3 is 2.17 bits per heavy atom. The third-order valence-corrected chi connectivity index (χ3v) is 7.48. The van der Waals surface area contributed by atoms with Gasteiger partial charge in [0.15, 0.2) is 0 Å². The van der Waals surface area contributed by atoms with Crippen molar-refractivity contribution < 1.29 is 42.2 Å². The number of nitrogens with one attached hydrogen (secondary N) is 1. The largest absolute Gasteiger partial charge is 0.490 e. The second-order valence-electron chi connectivity index (χ2n) is 8.45. The molecular formula is C23H29F3N2O6S. The van der Waals surface area contributed by atoms with Crippen LogP contribution < -0.4 is 5.32 Å². The highest BCUT2D eigenvalue weighted by Crippen LogP contribution is 2.49. The molecule has 1 aromatic carbocycles. The summed E-state index contributed by atoms with van der Waals surface area (Å²) < 4.78 is 36.7. The lowest BCUT2D eigenvalue weighted by Crippen LogP contribution is -2.53. The zero-order valence-electron chi connectivity index (χ0n) is 20.0. The minimum Gasteiger partial charge on any atom is -0.475 e. The number of fused-ring (bicyclic) bond motifs is 1. The van der Waals surface area contributed by atoms with E-state index in [2.05, 4.69) is 19.2 Å². The molecule has 2 fully saturated rings. The van der Waals surface area contributed by atoms with Crippen LogP contribution in [0.4, 0.5) is 13.2 Å². The van der Waals surface area contributed by atoms with Gasteiger partial charge in [-0.1, -0.05) is 26.0 Å². The number of esters is 1. The summed E-state index contributed by atoms with van der Waals surface area (Å²) in [7, 11) is 1.30. The Hall–Kier alpha value is -2.60. The van der Waals surface area contributed by atoms with Gasteiger partial charge in [0.05, 0.1) is 18.9 Å². The number of ether oxygens (including phenoxy) is 1. The number of rotatable bonds is 6. The molecule has 2 aliphatic rings. The minimum absolute atomic E-state index is 0.222. The fourth-order valence-electron chi connectivity index (χ4n) is 4.27. The van der Waals surface area contributed by atoms with Gasteiger partial charge in [-0.05, 0) is 38.0 Å². The number of alkyl halides is 3. The van der Waals surface area contributed by atoms with Gasteiger partial charge in [-0.3, -0.25) is 24.6 Å². The van der Waals surface area contributed by atoms with Gasteiger partial charge in [0.1, 0.15) is 5.54 Å². The van der Waals surface area contributed by atoms with Gasteiger partial charge in [-0.15, -0.1) is 11.8 Å². The number of carboxylic acids is 1. The van der Waals surface area contributed by atoms with Gasteiger partial charge >= 0.3 is 18.1 Å². The Morgan fingerprint density at radius 2 is 1.74 bits per heavy atom. The maximum atomic E-state index is 13.0. The maximum absolute atomic E-state index is 13.0. The third kappa shape index (κ3) is 5.80. The third-order valence-electron chi connectivity index (χ3n) is 6.20. The Morgan fingerprint density at radius 1 is 1.20 bits per heavy atom. The number of aliphatic carboxylic acids is 1. The Balaban J connectivity index is 0.000000540. The fraction of sp³-hybridized carbons (Fsp3) is 0.565. The first-order valence-corrected chi connectivity index (χ1v) is 11.9. The number of nitrogens with zero attached hydrogens (tertiary/aromatic N) is 1. The molecule has 1 aromatic rings. The lowest BCUT2D eigenvalue weighted by atomic mass is 9.80. The van der Waals surface area contributed by atoms with Crippen molar-refractivity contribution in [3.63, 3.8) is 0 Å². The summed E-state index contributed by atoms with van der Waals surface area (Å²) in [5, 5.41) is 10.9. The van der Waals surface area contributed by atoms with Gasteiger partial charge in [-0.25, -0.2) is 4.79 Å². The van der Waals surface area contributed by atoms with E-state index in [1.54, 1.807) is 25.6 Å². The van der Waals surface area contributed by atoms with Gasteiger partial charge in [0, 0.05) is 22.7 Å². The highest BCUT2D eigenvalue weighted by atomic mass is 32.2. The summed E-state index contributed by atoms with van der Waals surface area (Å²) >= 11 is 1.80.